The Kier molecular flexibility index (Phi) is 6.29. The van der Waals surface area contributed by atoms with Gasteiger partial charge in [-0.05, 0) is 55.3 Å². The summed E-state index contributed by atoms with van der Waals surface area (Å²) in [5.74, 6) is -0.879. The summed E-state index contributed by atoms with van der Waals surface area (Å²) in [4.78, 5) is 33.4. The summed E-state index contributed by atoms with van der Waals surface area (Å²) in [6.07, 6.45) is 1.64. The van der Waals surface area contributed by atoms with E-state index in [0.29, 0.717) is 26.2 Å². The summed E-state index contributed by atoms with van der Waals surface area (Å²) in [7, 11) is 3.89. The average molecular weight is 466 g/mol. The fourth-order valence-electron chi connectivity index (χ4n) is 3.81. The maximum atomic E-state index is 13.7. The third kappa shape index (κ3) is 4.39. The van der Waals surface area contributed by atoms with Gasteiger partial charge in [0.2, 0.25) is 0 Å². The van der Waals surface area contributed by atoms with Crippen LogP contribution in [0.3, 0.4) is 0 Å². The molecule has 1 aliphatic rings. The highest BCUT2D eigenvalue weighted by atomic mass is 32.1. The van der Waals surface area contributed by atoms with Crippen LogP contribution in [-0.2, 0) is 9.53 Å². The number of allylic oxidation sites excluding steroid dienone is 1. The second-order valence-electron chi connectivity index (χ2n) is 7.84. The SMILES string of the molecule is CCOC(=O)C1=C(C)N=c2s/c(=C/c3cccc(F)c3)c(=O)n2[C@H]1c1ccc(N(C)C)cc1. The van der Waals surface area contributed by atoms with Gasteiger partial charge in [-0.2, -0.15) is 0 Å². The number of anilines is 1. The topological polar surface area (TPSA) is 63.9 Å². The Morgan fingerprint density at radius 1 is 1.24 bits per heavy atom. The van der Waals surface area contributed by atoms with Crippen LogP contribution in [0.15, 0.2) is 69.6 Å². The Bertz CT molecular complexity index is 1420. The van der Waals surface area contributed by atoms with Gasteiger partial charge in [0.1, 0.15) is 5.82 Å². The molecule has 0 saturated heterocycles. The van der Waals surface area contributed by atoms with Gasteiger partial charge in [-0.1, -0.05) is 35.6 Å². The molecule has 2 aromatic carbocycles. The van der Waals surface area contributed by atoms with E-state index in [2.05, 4.69) is 4.99 Å². The Balaban J connectivity index is 1.94. The summed E-state index contributed by atoms with van der Waals surface area (Å²) < 4.78 is 20.9. The van der Waals surface area contributed by atoms with E-state index in [1.54, 1.807) is 32.1 Å². The fourth-order valence-corrected chi connectivity index (χ4v) is 4.86. The van der Waals surface area contributed by atoms with Crippen molar-refractivity contribution in [3.63, 3.8) is 0 Å². The summed E-state index contributed by atoms with van der Waals surface area (Å²) >= 11 is 1.21. The molecule has 6 nitrogen and oxygen atoms in total. The fraction of sp³-hybridized carbons (Fsp3) is 0.240. The quantitative estimate of drug-likeness (QED) is 0.544. The van der Waals surface area contributed by atoms with Crippen LogP contribution in [0.25, 0.3) is 6.08 Å². The van der Waals surface area contributed by atoms with Gasteiger partial charge in [0.05, 0.1) is 28.5 Å². The molecule has 0 unspecified atom stereocenters. The van der Waals surface area contributed by atoms with Crippen LogP contribution < -0.4 is 19.8 Å². The number of hydrogen-bond acceptors (Lipinski definition) is 6. The van der Waals surface area contributed by atoms with Crippen molar-refractivity contribution in [3.05, 3.63) is 96.4 Å². The van der Waals surface area contributed by atoms with E-state index >= 15 is 0 Å². The molecule has 0 fully saturated rings. The number of carbonyl (C=O) groups excluding carboxylic acids is 1. The maximum absolute atomic E-state index is 13.7. The lowest BCUT2D eigenvalue weighted by Gasteiger charge is -2.25. The molecular formula is C25H24FN3O3S. The number of thiazole rings is 1. The normalized spacial score (nSPS) is 15.8. The maximum Gasteiger partial charge on any atom is 0.338 e. The number of aromatic nitrogens is 1. The minimum Gasteiger partial charge on any atom is -0.463 e. The lowest BCUT2D eigenvalue weighted by molar-refractivity contribution is -0.139. The molecule has 0 aliphatic carbocycles. The summed E-state index contributed by atoms with van der Waals surface area (Å²) in [6.45, 7) is 3.70. The van der Waals surface area contributed by atoms with E-state index in [-0.39, 0.29) is 18.0 Å². The van der Waals surface area contributed by atoms with E-state index in [9.17, 15) is 14.0 Å². The number of halogens is 1. The smallest absolute Gasteiger partial charge is 0.338 e. The van der Waals surface area contributed by atoms with Crippen molar-refractivity contribution in [2.75, 3.05) is 25.6 Å². The number of rotatable bonds is 5. The predicted octanol–water partition coefficient (Wildman–Crippen LogP) is 3.00. The molecule has 8 heteroatoms. The second-order valence-corrected chi connectivity index (χ2v) is 8.85. The molecule has 0 N–H and O–H groups in total. The summed E-state index contributed by atoms with van der Waals surface area (Å²) in [5.41, 5.74) is 2.90. The van der Waals surface area contributed by atoms with Crippen molar-refractivity contribution >= 4 is 29.1 Å². The molecule has 1 aromatic heterocycles. The van der Waals surface area contributed by atoms with Crippen molar-refractivity contribution in [2.24, 2.45) is 4.99 Å². The zero-order valence-corrected chi connectivity index (χ0v) is 19.6. The number of benzene rings is 2. The number of fused-ring (bicyclic) bond motifs is 1. The number of nitrogens with zero attached hydrogens (tertiary/aromatic N) is 3. The highest BCUT2D eigenvalue weighted by Crippen LogP contribution is 2.31. The first-order chi connectivity index (χ1) is 15.8. The van der Waals surface area contributed by atoms with Gasteiger partial charge in [0.15, 0.2) is 4.80 Å². The molecule has 0 radical (unpaired) electrons. The minimum atomic E-state index is -0.675. The molecule has 3 aromatic rings. The van der Waals surface area contributed by atoms with Gasteiger partial charge >= 0.3 is 5.97 Å². The van der Waals surface area contributed by atoms with E-state index in [1.165, 1.54) is 28.0 Å². The summed E-state index contributed by atoms with van der Waals surface area (Å²) in [6, 6.07) is 13.1. The molecule has 1 atom stereocenters. The van der Waals surface area contributed by atoms with Crippen molar-refractivity contribution in [3.8, 4) is 0 Å². The number of ether oxygens (including phenoxy) is 1. The number of hydrogen-bond donors (Lipinski definition) is 0. The van der Waals surface area contributed by atoms with Gasteiger partial charge in [-0.15, -0.1) is 0 Å². The van der Waals surface area contributed by atoms with Crippen LogP contribution in [0.2, 0.25) is 0 Å². The molecule has 0 spiro atoms. The molecule has 2 heterocycles. The van der Waals surface area contributed by atoms with Crippen molar-refractivity contribution in [1.29, 1.82) is 0 Å². The standard InChI is InChI=1S/C25H24FN3O3S/c1-5-32-24(31)21-15(2)27-25-29(22(21)17-9-11-19(12-10-17)28(3)4)23(30)20(33-25)14-16-7-6-8-18(26)13-16/h6-14,22H,5H2,1-4H3/b20-14+/t22-/m0/s1. The third-order valence-electron chi connectivity index (χ3n) is 5.39. The van der Waals surface area contributed by atoms with Crippen molar-refractivity contribution < 1.29 is 13.9 Å². The van der Waals surface area contributed by atoms with E-state index in [0.717, 1.165) is 11.3 Å². The Hall–Kier alpha value is -3.52. The van der Waals surface area contributed by atoms with Gasteiger partial charge in [-0.25, -0.2) is 14.2 Å². The number of esters is 1. The van der Waals surface area contributed by atoms with E-state index in [4.69, 9.17) is 4.74 Å². The molecule has 1 aliphatic heterocycles. The molecule has 0 saturated carbocycles. The van der Waals surface area contributed by atoms with Crippen LogP contribution in [0.1, 0.15) is 31.0 Å². The van der Waals surface area contributed by atoms with Crippen LogP contribution in [0, 0.1) is 5.82 Å². The zero-order chi connectivity index (χ0) is 23.7. The van der Waals surface area contributed by atoms with Crippen molar-refractivity contribution in [1.82, 2.24) is 4.57 Å². The van der Waals surface area contributed by atoms with Crippen LogP contribution in [-0.4, -0.2) is 31.2 Å². The summed E-state index contributed by atoms with van der Waals surface area (Å²) in [5, 5.41) is 0. The number of carbonyl (C=O) groups is 1. The molecular weight excluding hydrogens is 441 g/mol. The predicted molar refractivity (Wildman–Crippen MR) is 128 cm³/mol. The van der Waals surface area contributed by atoms with Crippen LogP contribution in [0.5, 0.6) is 0 Å². The molecule has 0 amide bonds. The first-order valence-electron chi connectivity index (χ1n) is 10.5. The van der Waals surface area contributed by atoms with Crippen LogP contribution >= 0.6 is 11.3 Å². The first-order valence-corrected chi connectivity index (χ1v) is 11.3. The lowest BCUT2D eigenvalue weighted by atomic mass is 9.95. The zero-order valence-electron chi connectivity index (χ0n) is 18.8. The largest absolute Gasteiger partial charge is 0.463 e. The van der Waals surface area contributed by atoms with E-state index < -0.39 is 12.0 Å². The molecule has 4 rings (SSSR count). The highest BCUT2D eigenvalue weighted by molar-refractivity contribution is 7.07. The van der Waals surface area contributed by atoms with E-state index in [1.807, 2.05) is 43.3 Å². The Labute approximate surface area is 194 Å². The van der Waals surface area contributed by atoms with Gasteiger partial charge < -0.3 is 9.64 Å². The highest BCUT2D eigenvalue weighted by Gasteiger charge is 2.33. The third-order valence-corrected chi connectivity index (χ3v) is 6.37. The lowest BCUT2D eigenvalue weighted by Crippen LogP contribution is -2.39. The second kappa shape index (κ2) is 9.15. The monoisotopic (exact) mass is 465 g/mol. The first kappa shape index (κ1) is 22.7. The Morgan fingerprint density at radius 2 is 1.97 bits per heavy atom. The molecule has 33 heavy (non-hydrogen) atoms. The molecule has 170 valence electrons. The van der Waals surface area contributed by atoms with Gasteiger partial charge in [-0.3, -0.25) is 9.36 Å². The van der Waals surface area contributed by atoms with Crippen molar-refractivity contribution in [2.45, 2.75) is 19.9 Å². The minimum absolute atomic E-state index is 0.214. The molecule has 0 bridgehead atoms. The van der Waals surface area contributed by atoms with Gasteiger partial charge in [0, 0.05) is 19.8 Å². The Morgan fingerprint density at radius 3 is 2.61 bits per heavy atom. The average Bonchev–Trinajstić information content (AvgIpc) is 3.07. The van der Waals surface area contributed by atoms with Gasteiger partial charge in [0.25, 0.3) is 5.56 Å². The van der Waals surface area contributed by atoms with Crippen LogP contribution in [0.4, 0.5) is 10.1 Å².